The van der Waals surface area contributed by atoms with Gasteiger partial charge in [0.2, 0.25) is 5.91 Å². The summed E-state index contributed by atoms with van der Waals surface area (Å²) >= 11 is 6.17. The first-order valence-corrected chi connectivity index (χ1v) is 14.1. The average Bonchev–Trinajstić information content (AvgIpc) is 3.18. The van der Waals surface area contributed by atoms with Crippen LogP contribution in [-0.2, 0) is 4.79 Å². The van der Waals surface area contributed by atoms with E-state index in [0.717, 1.165) is 42.1 Å². The molecule has 0 radical (unpaired) electrons. The first-order valence-electron chi connectivity index (χ1n) is 13.8. The molecule has 7 nitrogen and oxygen atoms in total. The summed E-state index contributed by atoms with van der Waals surface area (Å²) < 4.78 is 0. The summed E-state index contributed by atoms with van der Waals surface area (Å²) in [5.74, 6) is 1.07. The molecule has 3 aliphatic rings. The molecule has 2 fully saturated rings. The molecule has 200 valence electrons. The first-order chi connectivity index (χ1) is 17.7. The number of nitrogens with zero attached hydrogens (tertiary/aromatic N) is 4. The van der Waals surface area contributed by atoms with Gasteiger partial charge in [0.1, 0.15) is 12.1 Å². The number of aromatic nitrogens is 2. The minimum Gasteiger partial charge on any atom is -0.387 e. The van der Waals surface area contributed by atoms with E-state index in [1.807, 2.05) is 29.2 Å². The van der Waals surface area contributed by atoms with Crippen LogP contribution in [0.25, 0.3) is 0 Å². The molecule has 37 heavy (non-hydrogen) atoms. The number of hydrogen-bond acceptors (Lipinski definition) is 6. The molecule has 2 aliphatic carbocycles. The molecule has 0 spiro atoms. The fourth-order valence-corrected chi connectivity index (χ4v) is 6.64. The summed E-state index contributed by atoms with van der Waals surface area (Å²) in [7, 11) is 0. The van der Waals surface area contributed by atoms with E-state index in [1.165, 1.54) is 19.3 Å². The maximum absolute atomic E-state index is 13.9. The van der Waals surface area contributed by atoms with Gasteiger partial charge in [-0.2, -0.15) is 0 Å². The van der Waals surface area contributed by atoms with Crippen molar-refractivity contribution in [2.45, 2.75) is 76.9 Å². The van der Waals surface area contributed by atoms with Gasteiger partial charge in [0.05, 0.1) is 17.7 Å². The van der Waals surface area contributed by atoms with Crippen LogP contribution in [0.2, 0.25) is 5.02 Å². The highest BCUT2D eigenvalue weighted by molar-refractivity contribution is 6.30. The zero-order chi connectivity index (χ0) is 26.2. The van der Waals surface area contributed by atoms with Gasteiger partial charge in [-0.15, -0.1) is 0 Å². The lowest BCUT2D eigenvalue weighted by Gasteiger charge is -2.39. The third kappa shape index (κ3) is 5.79. The van der Waals surface area contributed by atoms with Crippen molar-refractivity contribution in [3.63, 3.8) is 0 Å². The Bertz CT molecular complexity index is 1100. The molecule has 0 bridgehead atoms. The van der Waals surface area contributed by atoms with Gasteiger partial charge in [0.25, 0.3) is 0 Å². The Hall–Kier alpha value is -2.22. The third-order valence-electron chi connectivity index (χ3n) is 8.56. The lowest BCUT2D eigenvalue weighted by atomic mass is 9.75. The van der Waals surface area contributed by atoms with Crippen LogP contribution in [0.4, 0.5) is 5.82 Å². The summed E-state index contributed by atoms with van der Waals surface area (Å²) in [6, 6.07) is 8.18. The number of fused-ring (bicyclic) bond motifs is 1. The summed E-state index contributed by atoms with van der Waals surface area (Å²) in [4.78, 5) is 27.1. The highest BCUT2D eigenvalue weighted by atomic mass is 35.5. The Morgan fingerprint density at radius 1 is 1.19 bits per heavy atom. The third-order valence-corrected chi connectivity index (χ3v) is 8.81. The summed E-state index contributed by atoms with van der Waals surface area (Å²) in [6.07, 6.45) is 6.53. The molecule has 1 aliphatic heterocycles. The Morgan fingerprint density at radius 3 is 2.62 bits per heavy atom. The number of benzene rings is 1. The molecule has 1 saturated heterocycles. The summed E-state index contributed by atoms with van der Waals surface area (Å²) in [6.45, 7) is 10.2. The molecule has 2 aromatic rings. The summed E-state index contributed by atoms with van der Waals surface area (Å²) in [5, 5.41) is 14.8. The van der Waals surface area contributed by atoms with Crippen molar-refractivity contribution in [1.29, 1.82) is 0 Å². The van der Waals surface area contributed by atoms with E-state index in [-0.39, 0.29) is 17.7 Å². The van der Waals surface area contributed by atoms with E-state index in [2.05, 4.69) is 41.0 Å². The van der Waals surface area contributed by atoms with Crippen LogP contribution in [0.1, 0.15) is 87.6 Å². The van der Waals surface area contributed by atoms with Gasteiger partial charge < -0.3 is 20.2 Å². The number of halogens is 1. The standard InChI is InChI=1S/C29H40ClN5O2/c1-19-15-24(36)26-25(19)27(33-18-32-26)34-11-13-35(14-12-34)28(37)23(20-6-8-21(30)9-7-20)17-31-22-5-4-10-29(2,3)16-22/h6-9,18-19,22-24,31,36H,4-5,10-17H2,1-3H3/t19?,22?,23-,24-/m1/s1. The van der Waals surface area contributed by atoms with Crippen LogP contribution in [-0.4, -0.2) is 64.6 Å². The number of nitrogens with one attached hydrogen (secondary N) is 1. The molecule has 2 heterocycles. The van der Waals surface area contributed by atoms with E-state index in [9.17, 15) is 9.90 Å². The number of aliphatic hydroxyl groups excluding tert-OH is 1. The van der Waals surface area contributed by atoms with Gasteiger partial charge in [-0.25, -0.2) is 9.97 Å². The summed E-state index contributed by atoms with van der Waals surface area (Å²) in [5.41, 5.74) is 3.18. The Morgan fingerprint density at radius 2 is 1.92 bits per heavy atom. The predicted molar refractivity (Wildman–Crippen MR) is 147 cm³/mol. The minimum absolute atomic E-state index is 0.168. The van der Waals surface area contributed by atoms with Crippen LogP contribution >= 0.6 is 11.6 Å². The molecule has 2 N–H and O–H groups in total. The second-order valence-electron chi connectivity index (χ2n) is 11.9. The van der Waals surface area contributed by atoms with Gasteiger partial charge in [-0.1, -0.05) is 50.9 Å². The van der Waals surface area contributed by atoms with Crippen molar-refractivity contribution in [1.82, 2.24) is 20.2 Å². The minimum atomic E-state index is -0.517. The lowest BCUT2D eigenvalue weighted by molar-refractivity contribution is -0.133. The topological polar surface area (TPSA) is 81.6 Å². The van der Waals surface area contributed by atoms with Gasteiger partial charge >= 0.3 is 0 Å². The number of hydrogen-bond donors (Lipinski definition) is 2. The maximum atomic E-state index is 13.9. The average molecular weight is 526 g/mol. The van der Waals surface area contributed by atoms with Crippen LogP contribution in [0.15, 0.2) is 30.6 Å². The van der Waals surface area contributed by atoms with E-state index in [1.54, 1.807) is 6.33 Å². The van der Waals surface area contributed by atoms with Crippen molar-refractivity contribution >= 4 is 23.3 Å². The van der Waals surface area contributed by atoms with Crippen LogP contribution in [0.3, 0.4) is 0 Å². The zero-order valence-electron chi connectivity index (χ0n) is 22.3. The molecule has 1 aromatic carbocycles. The van der Waals surface area contributed by atoms with E-state index < -0.39 is 6.10 Å². The number of amides is 1. The highest BCUT2D eigenvalue weighted by Crippen LogP contribution is 2.43. The molecular formula is C29H40ClN5O2. The largest absolute Gasteiger partial charge is 0.387 e. The highest BCUT2D eigenvalue weighted by Gasteiger charge is 2.35. The first kappa shape index (κ1) is 26.4. The molecular weight excluding hydrogens is 486 g/mol. The Kier molecular flexibility index (Phi) is 7.75. The number of rotatable bonds is 6. The number of carbonyl (C=O) groups excluding carboxylic acids is 1. The number of anilines is 1. The monoisotopic (exact) mass is 525 g/mol. The van der Waals surface area contributed by atoms with Crippen LogP contribution in [0.5, 0.6) is 0 Å². The molecule has 1 aromatic heterocycles. The zero-order valence-corrected chi connectivity index (χ0v) is 23.0. The predicted octanol–water partition coefficient (Wildman–Crippen LogP) is 4.66. The van der Waals surface area contributed by atoms with Crippen molar-refractivity contribution in [2.24, 2.45) is 5.41 Å². The van der Waals surface area contributed by atoms with E-state index in [4.69, 9.17) is 11.6 Å². The molecule has 8 heteroatoms. The Labute approximate surface area is 225 Å². The SMILES string of the molecule is CC1C[C@@H](O)c2ncnc(N3CCN(C(=O)[C@H](CNC4CCCC(C)(C)C4)c4ccc(Cl)cc4)CC3)c21. The molecule has 2 unspecified atom stereocenters. The van der Waals surface area contributed by atoms with Crippen molar-refractivity contribution < 1.29 is 9.90 Å². The maximum Gasteiger partial charge on any atom is 0.231 e. The normalized spacial score (nSPS) is 26.1. The van der Waals surface area contributed by atoms with Crippen molar-refractivity contribution in [3.05, 3.63) is 52.4 Å². The molecule has 1 amide bonds. The Balaban J connectivity index is 1.27. The van der Waals surface area contributed by atoms with Gasteiger partial charge in [-0.3, -0.25) is 4.79 Å². The van der Waals surface area contributed by atoms with Crippen LogP contribution in [0, 0.1) is 5.41 Å². The lowest BCUT2D eigenvalue weighted by Crippen LogP contribution is -2.52. The molecule has 1 saturated carbocycles. The fraction of sp³-hybridized carbons (Fsp3) is 0.621. The van der Waals surface area contributed by atoms with Gasteiger partial charge in [0, 0.05) is 49.4 Å². The van der Waals surface area contributed by atoms with Gasteiger partial charge in [-0.05, 0) is 54.7 Å². The number of piperazine rings is 1. The second kappa shape index (κ2) is 10.9. The number of aliphatic hydroxyl groups is 1. The second-order valence-corrected chi connectivity index (χ2v) is 12.4. The van der Waals surface area contributed by atoms with Crippen molar-refractivity contribution in [3.8, 4) is 0 Å². The quantitative estimate of drug-likeness (QED) is 0.571. The smallest absolute Gasteiger partial charge is 0.231 e. The van der Waals surface area contributed by atoms with Crippen molar-refractivity contribution in [2.75, 3.05) is 37.6 Å². The van der Waals surface area contributed by atoms with E-state index in [0.29, 0.717) is 42.5 Å². The number of carbonyl (C=O) groups is 1. The fourth-order valence-electron chi connectivity index (χ4n) is 6.51. The van der Waals surface area contributed by atoms with Gasteiger partial charge in [0.15, 0.2) is 0 Å². The molecule has 5 rings (SSSR count). The van der Waals surface area contributed by atoms with Crippen LogP contribution < -0.4 is 10.2 Å². The van der Waals surface area contributed by atoms with E-state index >= 15 is 0 Å². The molecule has 4 atom stereocenters.